The Morgan fingerprint density at radius 3 is 2.71 bits per heavy atom. The van der Waals surface area contributed by atoms with Crippen molar-refractivity contribution in [3.63, 3.8) is 0 Å². The van der Waals surface area contributed by atoms with E-state index in [2.05, 4.69) is 15.4 Å². The van der Waals surface area contributed by atoms with Gasteiger partial charge in [-0.05, 0) is 19.9 Å². The summed E-state index contributed by atoms with van der Waals surface area (Å²) >= 11 is 0. The summed E-state index contributed by atoms with van der Waals surface area (Å²) in [6.07, 6.45) is 0.850. The number of amides is 1. The first-order chi connectivity index (χ1) is 10.1. The number of likely N-dealkylation sites (N-methyl/N-ethyl adjacent to an activating group) is 1. The summed E-state index contributed by atoms with van der Waals surface area (Å²) in [6.45, 7) is 3.51. The SMILES string of the molecule is COCCN(C)CCNC(=O)C1(C(N)=NO)CCOCC1. The number of hydrogen-bond donors (Lipinski definition) is 3. The van der Waals surface area contributed by atoms with Gasteiger partial charge in [0.05, 0.1) is 6.61 Å². The number of nitrogens with zero attached hydrogens (tertiary/aromatic N) is 2. The zero-order valence-corrected chi connectivity index (χ0v) is 12.8. The van der Waals surface area contributed by atoms with Gasteiger partial charge in [0, 0.05) is 40.0 Å². The Hall–Kier alpha value is -1.38. The Morgan fingerprint density at radius 2 is 2.14 bits per heavy atom. The molecule has 0 spiro atoms. The second-order valence-electron chi connectivity index (χ2n) is 5.23. The predicted molar refractivity (Wildman–Crippen MR) is 78.3 cm³/mol. The summed E-state index contributed by atoms with van der Waals surface area (Å²) in [5.74, 6) is -0.253. The summed E-state index contributed by atoms with van der Waals surface area (Å²) in [5, 5.41) is 14.8. The average Bonchev–Trinajstić information content (AvgIpc) is 2.52. The molecule has 0 aromatic rings. The van der Waals surface area contributed by atoms with Crippen molar-refractivity contribution in [2.45, 2.75) is 12.8 Å². The van der Waals surface area contributed by atoms with Crippen LogP contribution in [0, 0.1) is 5.41 Å². The highest BCUT2D eigenvalue weighted by Crippen LogP contribution is 2.31. The van der Waals surface area contributed by atoms with Crippen molar-refractivity contribution < 1.29 is 19.5 Å². The minimum Gasteiger partial charge on any atom is -0.409 e. The van der Waals surface area contributed by atoms with E-state index in [9.17, 15) is 4.79 Å². The molecule has 21 heavy (non-hydrogen) atoms. The van der Waals surface area contributed by atoms with E-state index >= 15 is 0 Å². The van der Waals surface area contributed by atoms with Crippen LogP contribution in [-0.4, -0.2) is 75.5 Å². The van der Waals surface area contributed by atoms with Gasteiger partial charge in [-0.25, -0.2) is 0 Å². The van der Waals surface area contributed by atoms with Crippen molar-refractivity contribution >= 4 is 11.7 Å². The van der Waals surface area contributed by atoms with Crippen molar-refractivity contribution in [2.75, 3.05) is 53.6 Å². The Balaban J connectivity index is 2.50. The minimum absolute atomic E-state index is 0.0453. The summed E-state index contributed by atoms with van der Waals surface area (Å²) in [7, 11) is 3.61. The lowest BCUT2D eigenvalue weighted by molar-refractivity contribution is -0.131. The lowest BCUT2D eigenvalue weighted by atomic mass is 9.78. The van der Waals surface area contributed by atoms with E-state index in [0.29, 0.717) is 45.8 Å². The van der Waals surface area contributed by atoms with Crippen molar-refractivity contribution in [2.24, 2.45) is 16.3 Å². The maximum absolute atomic E-state index is 12.4. The predicted octanol–water partition coefficient (Wildman–Crippen LogP) is -0.776. The average molecular weight is 302 g/mol. The Kier molecular flexibility index (Phi) is 7.41. The van der Waals surface area contributed by atoms with Gasteiger partial charge < -0.3 is 30.6 Å². The van der Waals surface area contributed by atoms with Crippen LogP contribution in [0.25, 0.3) is 0 Å². The van der Waals surface area contributed by atoms with Gasteiger partial charge in [-0.2, -0.15) is 0 Å². The zero-order chi connectivity index (χ0) is 15.7. The molecule has 0 radical (unpaired) electrons. The molecule has 1 aliphatic rings. The van der Waals surface area contributed by atoms with Crippen molar-refractivity contribution in [1.29, 1.82) is 0 Å². The van der Waals surface area contributed by atoms with Crippen LogP contribution >= 0.6 is 0 Å². The number of nitrogens with two attached hydrogens (primary N) is 1. The number of rotatable bonds is 8. The van der Waals surface area contributed by atoms with Gasteiger partial charge in [0.25, 0.3) is 0 Å². The quantitative estimate of drug-likeness (QED) is 0.235. The van der Waals surface area contributed by atoms with Gasteiger partial charge in [0.2, 0.25) is 5.91 Å². The second-order valence-corrected chi connectivity index (χ2v) is 5.23. The van der Waals surface area contributed by atoms with Crippen LogP contribution in [0.15, 0.2) is 5.16 Å². The van der Waals surface area contributed by atoms with Crippen LogP contribution in [-0.2, 0) is 14.3 Å². The summed E-state index contributed by atoms with van der Waals surface area (Å²) < 4.78 is 10.3. The Labute approximate surface area is 125 Å². The molecule has 1 amide bonds. The number of oxime groups is 1. The van der Waals surface area contributed by atoms with Crippen LogP contribution in [0.2, 0.25) is 0 Å². The van der Waals surface area contributed by atoms with Crippen LogP contribution in [0.1, 0.15) is 12.8 Å². The number of carbonyl (C=O) groups is 1. The van der Waals surface area contributed by atoms with E-state index in [1.807, 2.05) is 7.05 Å². The molecule has 1 fully saturated rings. The lowest BCUT2D eigenvalue weighted by Gasteiger charge is -2.34. The number of methoxy groups -OCH3 is 1. The fraction of sp³-hybridized carbons (Fsp3) is 0.846. The molecule has 1 rings (SSSR count). The first-order valence-electron chi connectivity index (χ1n) is 7.08. The van der Waals surface area contributed by atoms with E-state index in [0.717, 1.165) is 6.54 Å². The smallest absolute Gasteiger partial charge is 0.234 e. The van der Waals surface area contributed by atoms with Crippen LogP contribution in [0.3, 0.4) is 0 Å². The van der Waals surface area contributed by atoms with Crippen LogP contribution in [0.4, 0.5) is 0 Å². The molecule has 0 bridgehead atoms. The molecule has 8 heteroatoms. The largest absolute Gasteiger partial charge is 0.409 e. The van der Waals surface area contributed by atoms with E-state index in [4.69, 9.17) is 20.4 Å². The van der Waals surface area contributed by atoms with E-state index in [1.54, 1.807) is 7.11 Å². The molecule has 4 N–H and O–H groups in total. The Morgan fingerprint density at radius 1 is 1.48 bits per heavy atom. The number of ether oxygens (including phenoxy) is 2. The van der Waals surface area contributed by atoms with Crippen molar-refractivity contribution in [3.8, 4) is 0 Å². The first-order valence-corrected chi connectivity index (χ1v) is 7.08. The van der Waals surface area contributed by atoms with E-state index in [1.165, 1.54) is 0 Å². The maximum atomic E-state index is 12.4. The first kappa shape index (κ1) is 17.7. The minimum atomic E-state index is -0.960. The van der Waals surface area contributed by atoms with E-state index in [-0.39, 0.29) is 11.7 Å². The molecular formula is C13H26N4O4. The molecule has 1 aliphatic heterocycles. The second kappa shape index (κ2) is 8.81. The molecule has 0 aliphatic carbocycles. The zero-order valence-electron chi connectivity index (χ0n) is 12.8. The van der Waals surface area contributed by atoms with Crippen LogP contribution < -0.4 is 11.1 Å². The molecule has 0 aromatic carbocycles. The highest BCUT2D eigenvalue weighted by molar-refractivity contribution is 6.06. The van der Waals surface area contributed by atoms with Gasteiger partial charge in [-0.15, -0.1) is 0 Å². The van der Waals surface area contributed by atoms with Crippen molar-refractivity contribution in [1.82, 2.24) is 10.2 Å². The van der Waals surface area contributed by atoms with Gasteiger partial charge in [0.15, 0.2) is 5.84 Å². The summed E-state index contributed by atoms with van der Waals surface area (Å²) in [4.78, 5) is 14.5. The topological polar surface area (TPSA) is 109 Å². The number of carbonyl (C=O) groups excluding carboxylic acids is 1. The van der Waals surface area contributed by atoms with Gasteiger partial charge in [0.1, 0.15) is 5.41 Å². The van der Waals surface area contributed by atoms with E-state index < -0.39 is 5.41 Å². The maximum Gasteiger partial charge on any atom is 0.234 e. The fourth-order valence-electron chi connectivity index (χ4n) is 2.30. The monoisotopic (exact) mass is 302 g/mol. The molecule has 8 nitrogen and oxygen atoms in total. The Bertz CT molecular complexity index is 356. The molecule has 1 saturated heterocycles. The van der Waals surface area contributed by atoms with Crippen LogP contribution in [0.5, 0.6) is 0 Å². The highest BCUT2D eigenvalue weighted by atomic mass is 16.5. The number of hydrogen-bond acceptors (Lipinski definition) is 6. The number of nitrogens with one attached hydrogen (secondary N) is 1. The van der Waals surface area contributed by atoms with Gasteiger partial charge in [-0.1, -0.05) is 5.16 Å². The molecule has 122 valence electrons. The fourth-order valence-corrected chi connectivity index (χ4v) is 2.30. The molecule has 0 atom stereocenters. The lowest BCUT2D eigenvalue weighted by Crippen LogP contribution is -2.53. The summed E-state index contributed by atoms with van der Waals surface area (Å²) in [5.41, 5.74) is 4.78. The molecule has 0 unspecified atom stereocenters. The molecule has 0 saturated carbocycles. The molecule has 0 aromatic heterocycles. The molecule has 1 heterocycles. The van der Waals surface area contributed by atoms with Crippen molar-refractivity contribution in [3.05, 3.63) is 0 Å². The van der Waals surface area contributed by atoms with Gasteiger partial charge in [-0.3, -0.25) is 4.79 Å². The van der Waals surface area contributed by atoms with Gasteiger partial charge >= 0.3 is 0 Å². The standard InChI is InChI=1S/C13H26N4O4/c1-17(7-10-20-2)6-5-15-12(18)13(11(14)16-19)3-8-21-9-4-13/h19H,3-10H2,1-2H3,(H2,14,16)(H,15,18). The normalized spacial score (nSPS) is 18.7. The molecular weight excluding hydrogens is 276 g/mol. The number of amidine groups is 1. The third-order valence-electron chi connectivity index (χ3n) is 3.84. The highest BCUT2D eigenvalue weighted by Gasteiger charge is 2.44. The third kappa shape index (κ3) is 4.83. The third-order valence-corrected chi connectivity index (χ3v) is 3.84. The summed E-state index contributed by atoms with van der Waals surface area (Å²) in [6, 6.07) is 0.